The molecule has 1 aromatic carbocycles. The van der Waals surface area contributed by atoms with E-state index in [0.717, 1.165) is 48.1 Å². The molecular weight excluding hydrogens is 525 g/mol. The fourth-order valence-electron chi connectivity index (χ4n) is 4.48. The highest BCUT2D eigenvalue weighted by molar-refractivity contribution is 9.10. The molecule has 1 aliphatic rings. The zero-order chi connectivity index (χ0) is 26.1. The Labute approximate surface area is 222 Å². The van der Waals surface area contributed by atoms with Crippen molar-refractivity contribution in [2.45, 2.75) is 64.6 Å². The normalized spacial score (nSPS) is 18.3. The maximum atomic E-state index is 12.6. The summed E-state index contributed by atoms with van der Waals surface area (Å²) >= 11 is 3.54. The van der Waals surface area contributed by atoms with E-state index in [-0.39, 0.29) is 36.6 Å². The molecule has 0 unspecified atom stereocenters. The number of anilines is 4. The van der Waals surface area contributed by atoms with Crippen LogP contribution in [0.5, 0.6) is 0 Å². The van der Waals surface area contributed by atoms with Crippen LogP contribution in [-0.4, -0.2) is 65.7 Å². The van der Waals surface area contributed by atoms with Crippen molar-refractivity contribution in [2.75, 3.05) is 42.8 Å². The molecule has 3 rings (SSSR count). The molecule has 0 bridgehead atoms. The minimum atomic E-state index is -0.344. The zero-order valence-corrected chi connectivity index (χ0v) is 23.2. The van der Waals surface area contributed by atoms with E-state index in [4.69, 9.17) is 0 Å². The topological polar surface area (TPSA) is 94.2 Å². The van der Waals surface area contributed by atoms with Crippen LogP contribution in [0.15, 0.2) is 34.9 Å². The summed E-state index contributed by atoms with van der Waals surface area (Å²) in [5.41, 5.74) is 1.83. The second-order valence-corrected chi connectivity index (χ2v) is 10.6. The van der Waals surface area contributed by atoms with Gasteiger partial charge in [0.2, 0.25) is 11.9 Å². The molecule has 3 atom stereocenters. The number of carbonyl (C=O) groups excluding carboxylic acids is 1. The molecule has 1 saturated carbocycles. The summed E-state index contributed by atoms with van der Waals surface area (Å²) in [6.07, 6.45) is 5.43. The van der Waals surface area contributed by atoms with Gasteiger partial charge in [-0.2, -0.15) is 4.98 Å². The maximum absolute atomic E-state index is 12.6. The number of rotatable bonds is 13. The Morgan fingerprint density at radius 2 is 2.06 bits per heavy atom. The number of aromatic nitrogens is 2. The molecule has 198 valence electrons. The maximum Gasteiger partial charge on any atom is 0.229 e. The Hall–Kier alpha value is -2.46. The number of alkyl halides is 1. The Bertz CT molecular complexity index is 993. The van der Waals surface area contributed by atoms with Crippen LogP contribution in [0.2, 0.25) is 0 Å². The van der Waals surface area contributed by atoms with Crippen LogP contribution in [-0.2, 0) is 4.79 Å². The monoisotopic (exact) mass is 563 g/mol. The van der Waals surface area contributed by atoms with Crippen molar-refractivity contribution >= 4 is 45.0 Å². The van der Waals surface area contributed by atoms with Crippen molar-refractivity contribution in [2.24, 2.45) is 5.92 Å². The third kappa shape index (κ3) is 8.30. The summed E-state index contributed by atoms with van der Waals surface area (Å²) < 4.78 is 13.4. The van der Waals surface area contributed by atoms with E-state index in [0.29, 0.717) is 18.3 Å². The lowest BCUT2D eigenvalue weighted by Gasteiger charge is -2.24. The van der Waals surface area contributed by atoms with Gasteiger partial charge in [0.25, 0.3) is 0 Å². The smallest absolute Gasteiger partial charge is 0.229 e. The number of likely N-dealkylation sites (N-methyl/N-ethyl adjacent to an activating group) is 1. The molecule has 0 spiro atoms. The molecule has 0 saturated heterocycles. The summed E-state index contributed by atoms with van der Waals surface area (Å²) in [7, 11) is 1.93. The predicted molar refractivity (Wildman–Crippen MR) is 149 cm³/mol. The molecule has 2 aromatic rings. The van der Waals surface area contributed by atoms with Crippen LogP contribution in [0.3, 0.4) is 0 Å². The lowest BCUT2D eigenvalue weighted by Crippen LogP contribution is -2.41. The molecule has 4 N–H and O–H groups in total. The molecule has 1 amide bonds. The number of nitrogens with one attached hydrogen (secondary N) is 4. The minimum Gasteiger partial charge on any atom is -0.381 e. The highest BCUT2D eigenvalue weighted by Crippen LogP contribution is 2.31. The predicted octanol–water partition coefficient (Wildman–Crippen LogP) is 5.18. The molecule has 8 nitrogen and oxygen atoms in total. The highest BCUT2D eigenvalue weighted by Gasteiger charge is 2.33. The summed E-state index contributed by atoms with van der Waals surface area (Å²) in [4.78, 5) is 23.7. The van der Waals surface area contributed by atoms with Crippen LogP contribution in [0, 0.1) is 5.92 Å². The molecule has 0 radical (unpaired) electrons. The fourth-order valence-corrected chi connectivity index (χ4v) is 4.79. The molecule has 0 aliphatic heterocycles. The quantitative estimate of drug-likeness (QED) is 0.267. The molecule has 1 aliphatic carbocycles. The van der Waals surface area contributed by atoms with E-state index in [1.54, 1.807) is 6.20 Å². The van der Waals surface area contributed by atoms with E-state index < -0.39 is 0 Å². The standard InChI is InChI=1S/C26H39BrFN7O/c1-5-18(16-35(4)13-12-28)31-19-8-6-9-20(14-19)32-26-29-15-22(27)24(34-26)33-23-11-7-10-21(23)25(36)30-17(2)3/h6,8-9,14-15,17-18,21,23,31H,5,7,10-13,16H2,1-4H3,(H,30,36)(H2,29,32,33,34)/t18-,21+,23-/m1/s1. The van der Waals surface area contributed by atoms with Gasteiger partial charge in [0, 0.05) is 48.8 Å². The number of halogens is 2. The Balaban J connectivity index is 1.66. The number of benzene rings is 1. The van der Waals surface area contributed by atoms with E-state index in [2.05, 4.69) is 54.1 Å². The number of carbonyl (C=O) groups is 1. The minimum absolute atomic E-state index is 0.0248. The van der Waals surface area contributed by atoms with Crippen molar-refractivity contribution in [1.82, 2.24) is 20.2 Å². The van der Waals surface area contributed by atoms with Crippen LogP contribution < -0.4 is 21.3 Å². The van der Waals surface area contributed by atoms with Gasteiger partial charge in [0.1, 0.15) is 12.5 Å². The second-order valence-electron chi connectivity index (χ2n) is 9.75. The van der Waals surface area contributed by atoms with Gasteiger partial charge in [0.15, 0.2) is 0 Å². The van der Waals surface area contributed by atoms with E-state index in [1.165, 1.54) is 0 Å². The largest absolute Gasteiger partial charge is 0.381 e. The van der Waals surface area contributed by atoms with Gasteiger partial charge >= 0.3 is 0 Å². The summed E-state index contributed by atoms with van der Waals surface area (Å²) in [6.45, 7) is 6.93. The first-order valence-electron chi connectivity index (χ1n) is 12.8. The third-order valence-corrected chi connectivity index (χ3v) is 6.91. The van der Waals surface area contributed by atoms with Gasteiger partial charge in [-0.3, -0.25) is 4.79 Å². The van der Waals surface area contributed by atoms with Crippen LogP contribution in [0.1, 0.15) is 46.5 Å². The van der Waals surface area contributed by atoms with Crippen molar-refractivity contribution in [3.63, 3.8) is 0 Å². The Morgan fingerprint density at radius 1 is 1.28 bits per heavy atom. The fraction of sp³-hybridized carbons (Fsp3) is 0.577. The lowest BCUT2D eigenvalue weighted by atomic mass is 10.0. The Morgan fingerprint density at radius 3 is 2.78 bits per heavy atom. The van der Waals surface area contributed by atoms with Crippen LogP contribution in [0.25, 0.3) is 0 Å². The second kappa shape index (κ2) is 13.7. The summed E-state index contributed by atoms with van der Waals surface area (Å²) in [6, 6.07) is 8.32. The number of amides is 1. The van der Waals surface area contributed by atoms with Crippen molar-refractivity contribution in [3.8, 4) is 0 Å². The van der Waals surface area contributed by atoms with E-state index >= 15 is 0 Å². The summed E-state index contributed by atoms with van der Waals surface area (Å²) in [5.74, 6) is 1.14. The van der Waals surface area contributed by atoms with Crippen molar-refractivity contribution < 1.29 is 9.18 Å². The van der Waals surface area contributed by atoms with Gasteiger partial charge in [-0.25, -0.2) is 9.37 Å². The van der Waals surface area contributed by atoms with Gasteiger partial charge in [0.05, 0.1) is 10.4 Å². The van der Waals surface area contributed by atoms with Gasteiger partial charge < -0.3 is 26.2 Å². The SMILES string of the molecule is CC[C@H](CN(C)CCF)Nc1cccc(Nc2ncc(Br)c(N[C@@H]3CCC[C@@H]3C(=O)NC(C)C)n2)c1. The number of hydrogen-bond acceptors (Lipinski definition) is 7. The van der Waals surface area contributed by atoms with Crippen molar-refractivity contribution in [3.05, 3.63) is 34.9 Å². The molecule has 10 heteroatoms. The van der Waals surface area contributed by atoms with Crippen LogP contribution >= 0.6 is 15.9 Å². The number of hydrogen-bond donors (Lipinski definition) is 4. The van der Waals surface area contributed by atoms with Gasteiger partial charge in [-0.05, 0) is 74.3 Å². The van der Waals surface area contributed by atoms with Crippen molar-refractivity contribution in [1.29, 1.82) is 0 Å². The molecule has 1 aromatic heterocycles. The number of nitrogens with zero attached hydrogens (tertiary/aromatic N) is 3. The Kier molecular flexibility index (Phi) is 10.7. The average Bonchev–Trinajstić information content (AvgIpc) is 3.29. The van der Waals surface area contributed by atoms with E-state index in [9.17, 15) is 9.18 Å². The lowest BCUT2D eigenvalue weighted by molar-refractivity contribution is -0.125. The first kappa shape index (κ1) is 28.1. The third-order valence-electron chi connectivity index (χ3n) is 6.33. The highest BCUT2D eigenvalue weighted by atomic mass is 79.9. The van der Waals surface area contributed by atoms with Crippen LogP contribution in [0.4, 0.5) is 27.5 Å². The molecule has 1 heterocycles. The zero-order valence-electron chi connectivity index (χ0n) is 21.7. The first-order chi connectivity index (χ1) is 17.3. The van der Waals surface area contributed by atoms with Gasteiger partial charge in [-0.1, -0.05) is 19.4 Å². The van der Waals surface area contributed by atoms with Gasteiger partial charge in [-0.15, -0.1) is 0 Å². The first-order valence-corrected chi connectivity index (χ1v) is 13.6. The average molecular weight is 565 g/mol. The van der Waals surface area contributed by atoms with E-state index in [1.807, 2.05) is 50.1 Å². The summed E-state index contributed by atoms with van der Waals surface area (Å²) in [5, 5.41) is 13.3. The molecular formula is C26H39BrFN7O. The molecule has 36 heavy (non-hydrogen) atoms. The molecule has 1 fully saturated rings.